The van der Waals surface area contributed by atoms with Crippen molar-refractivity contribution in [3.05, 3.63) is 23.8 Å². The summed E-state index contributed by atoms with van der Waals surface area (Å²) in [6.45, 7) is 2.49. The standard InChI is InChI=1S/C17H26N2O4.C2H2O4/c1-21-15-6-5-13(10-16(15)22-2)7-8-19-17(20)12-18-11-14-4-3-9-23-14;3-1(4)2(5)6/h5-6,10,14,18H,3-4,7-9,11-12H2,1-2H3,(H,19,20);(H,3,4)(H,5,6). The fourth-order valence-corrected chi connectivity index (χ4v) is 2.60. The zero-order valence-corrected chi connectivity index (χ0v) is 16.6. The highest BCUT2D eigenvalue weighted by Crippen LogP contribution is 2.27. The minimum Gasteiger partial charge on any atom is -0.493 e. The van der Waals surface area contributed by atoms with E-state index in [0.717, 1.165) is 38.0 Å². The maximum atomic E-state index is 11.8. The van der Waals surface area contributed by atoms with Crippen molar-refractivity contribution in [2.24, 2.45) is 0 Å². The van der Waals surface area contributed by atoms with Crippen molar-refractivity contribution >= 4 is 17.8 Å². The molecule has 4 N–H and O–H groups in total. The van der Waals surface area contributed by atoms with Crippen LogP contribution in [0.2, 0.25) is 0 Å². The summed E-state index contributed by atoms with van der Waals surface area (Å²) in [6.07, 6.45) is 3.20. The number of carbonyl (C=O) groups is 3. The quantitative estimate of drug-likeness (QED) is 0.421. The number of hydrogen-bond acceptors (Lipinski definition) is 7. The second-order valence-electron chi connectivity index (χ2n) is 6.17. The summed E-state index contributed by atoms with van der Waals surface area (Å²) in [7, 11) is 3.23. The minimum absolute atomic E-state index is 0.00322. The Kier molecular flexibility index (Phi) is 11.1. The predicted molar refractivity (Wildman–Crippen MR) is 103 cm³/mol. The topological polar surface area (TPSA) is 143 Å². The van der Waals surface area contributed by atoms with Crippen LogP contribution in [0.3, 0.4) is 0 Å². The second kappa shape index (κ2) is 13.3. The van der Waals surface area contributed by atoms with Gasteiger partial charge in [-0.25, -0.2) is 9.59 Å². The van der Waals surface area contributed by atoms with Crippen LogP contribution < -0.4 is 20.1 Å². The molecule has 1 aromatic rings. The molecular formula is C19H28N2O8. The van der Waals surface area contributed by atoms with Crippen LogP contribution >= 0.6 is 0 Å². The number of carbonyl (C=O) groups excluding carboxylic acids is 1. The van der Waals surface area contributed by atoms with Crippen molar-refractivity contribution in [1.82, 2.24) is 10.6 Å². The number of aliphatic carboxylic acids is 2. The SMILES string of the molecule is COc1ccc(CCNC(=O)CNCC2CCCO2)cc1OC.O=C(O)C(=O)O. The van der Waals surface area contributed by atoms with Gasteiger partial charge >= 0.3 is 11.9 Å². The van der Waals surface area contributed by atoms with E-state index in [9.17, 15) is 4.79 Å². The molecule has 0 aliphatic carbocycles. The second-order valence-corrected chi connectivity index (χ2v) is 6.17. The van der Waals surface area contributed by atoms with Gasteiger partial charge in [0.05, 0.1) is 26.9 Å². The number of ether oxygens (including phenoxy) is 3. The van der Waals surface area contributed by atoms with Gasteiger partial charge in [0.2, 0.25) is 5.91 Å². The summed E-state index contributed by atoms with van der Waals surface area (Å²) in [5.74, 6) is -2.23. The molecular weight excluding hydrogens is 384 g/mol. The van der Waals surface area contributed by atoms with Gasteiger partial charge in [-0.3, -0.25) is 4.79 Å². The lowest BCUT2D eigenvalue weighted by molar-refractivity contribution is -0.159. The van der Waals surface area contributed by atoms with Gasteiger partial charge in [-0.1, -0.05) is 6.07 Å². The summed E-state index contributed by atoms with van der Waals surface area (Å²) >= 11 is 0. The third kappa shape index (κ3) is 9.77. The molecule has 162 valence electrons. The van der Waals surface area contributed by atoms with Crippen LogP contribution in [0.5, 0.6) is 11.5 Å². The fourth-order valence-electron chi connectivity index (χ4n) is 2.60. The molecule has 1 aliphatic heterocycles. The Morgan fingerprint density at radius 3 is 2.38 bits per heavy atom. The number of nitrogens with one attached hydrogen (secondary N) is 2. The molecule has 10 nitrogen and oxygen atoms in total. The molecule has 0 aromatic heterocycles. The van der Waals surface area contributed by atoms with Crippen molar-refractivity contribution in [3.63, 3.8) is 0 Å². The number of carboxylic acid groups (broad SMARTS) is 2. The molecule has 1 saturated heterocycles. The number of benzene rings is 1. The first-order valence-electron chi connectivity index (χ1n) is 9.13. The molecule has 1 amide bonds. The maximum absolute atomic E-state index is 11.8. The molecule has 1 heterocycles. The molecule has 10 heteroatoms. The molecule has 1 aliphatic rings. The Morgan fingerprint density at radius 1 is 1.14 bits per heavy atom. The number of carboxylic acids is 2. The molecule has 0 saturated carbocycles. The van der Waals surface area contributed by atoms with E-state index in [0.29, 0.717) is 24.6 Å². The average Bonchev–Trinajstić information content (AvgIpc) is 3.21. The molecule has 2 rings (SSSR count). The first-order valence-corrected chi connectivity index (χ1v) is 9.13. The maximum Gasteiger partial charge on any atom is 0.414 e. The average molecular weight is 412 g/mol. The van der Waals surface area contributed by atoms with Crippen molar-refractivity contribution in [2.45, 2.75) is 25.4 Å². The molecule has 1 aromatic carbocycles. The smallest absolute Gasteiger partial charge is 0.414 e. The van der Waals surface area contributed by atoms with Gasteiger partial charge in [-0.2, -0.15) is 0 Å². The van der Waals surface area contributed by atoms with Crippen molar-refractivity contribution in [3.8, 4) is 11.5 Å². The van der Waals surface area contributed by atoms with Crippen LogP contribution in [0.4, 0.5) is 0 Å². The summed E-state index contributed by atoms with van der Waals surface area (Å²) in [5.41, 5.74) is 1.09. The third-order valence-corrected chi connectivity index (χ3v) is 4.05. The molecule has 1 fully saturated rings. The molecule has 1 atom stereocenters. The van der Waals surface area contributed by atoms with Gasteiger partial charge in [0.25, 0.3) is 0 Å². The van der Waals surface area contributed by atoms with Gasteiger partial charge in [0.1, 0.15) is 0 Å². The lowest BCUT2D eigenvalue weighted by atomic mass is 10.1. The van der Waals surface area contributed by atoms with Crippen LogP contribution in [0.1, 0.15) is 18.4 Å². The van der Waals surface area contributed by atoms with Gasteiger partial charge < -0.3 is 35.1 Å². The van der Waals surface area contributed by atoms with E-state index in [1.165, 1.54) is 0 Å². The molecule has 0 spiro atoms. The first-order chi connectivity index (χ1) is 13.9. The molecule has 0 bridgehead atoms. The Hall–Kier alpha value is -2.85. The first kappa shape index (κ1) is 24.2. The van der Waals surface area contributed by atoms with Crippen LogP contribution in [0, 0.1) is 0 Å². The van der Waals surface area contributed by atoms with Crippen molar-refractivity contribution < 1.29 is 38.8 Å². The van der Waals surface area contributed by atoms with Crippen LogP contribution in [0.25, 0.3) is 0 Å². The summed E-state index contributed by atoms with van der Waals surface area (Å²) in [6, 6.07) is 5.78. The lowest BCUT2D eigenvalue weighted by Crippen LogP contribution is -2.37. The van der Waals surface area contributed by atoms with Crippen LogP contribution in [-0.4, -0.2) is 74.6 Å². The Labute approximate surface area is 169 Å². The van der Waals surface area contributed by atoms with E-state index in [-0.39, 0.29) is 12.0 Å². The van der Waals surface area contributed by atoms with E-state index in [2.05, 4.69) is 10.6 Å². The predicted octanol–water partition coefficient (Wildman–Crippen LogP) is 0.287. The highest BCUT2D eigenvalue weighted by molar-refractivity contribution is 6.27. The zero-order chi connectivity index (χ0) is 21.6. The zero-order valence-electron chi connectivity index (χ0n) is 16.6. The summed E-state index contributed by atoms with van der Waals surface area (Å²) < 4.78 is 16.0. The lowest BCUT2D eigenvalue weighted by Gasteiger charge is -2.11. The van der Waals surface area contributed by atoms with E-state index in [1.54, 1.807) is 14.2 Å². The highest BCUT2D eigenvalue weighted by atomic mass is 16.5. The number of rotatable bonds is 9. The number of hydrogen-bond donors (Lipinski definition) is 4. The van der Waals surface area contributed by atoms with Crippen molar-refractivity contribution in [1.29, 1.82) is 0 Å². The van der Waals surface area contributed by atoms with Gasteiger partial charge in [-0.15, -0.1) is 0 Å². The number of amides is 1. The van der Waals surface area contributed by atoms with Crippen LogP contribution in [-0.2, 0) is 25.5 Å². The Balaban J connectivity index is 0.000000612. The Morgan fingerprint density at radius 2 is 1.83 bits per heavy atom. The van der Waals surface area contributed by atoms with Gasteiger partial charge in [0.15, 0.2) is 11.5 Å². The van der Waals surface area contributed by atoms with Gasteiger partial charge in [0, 0.05) is 19.7 Å². The largest absolute Gasteiger partial charge is 0.493 e. The van der Waals surface area contributed by atoms with Crippen LogP contribution in [0.15, 0.2) is 18.2 Å². The highest BCUT2D eigenvalue weighted by Gasteiger charge is 2.15. The van der Waals surface area contributed by atoms with Gasteiger partial charge in [-0.05, 0) is 37.0 Å². The van der Waals surface area contributed by atoms with E-state index in [1.807, 2.05) is 18.2 Å². The molecule has 0 radical (unpaired) electrons. The minimum atomic E-state index is -1.82. The monoisotopic (exact) mass is 412 g/mol. The summed E-state index contributed by atoms with van der Waals surface area (Å²) in [5, 5.41) is 20.8. The van der Waals surface area contributed by atoms with E-state index < -0.39 is 11.9 Å². The van der Waals surface area contributed by atoms with E-state index in [4.69, 9.17) is 34.0 Å². The third-order valence-electron chi connectivity index (χ3n) is 4.05. The summed E-state index contributed by atoms with van der Waals surface area (Å²) in [4.78, 5) is 30.0. The normalized spacial score (nSPS) is 15.0. The number of methoxy groups -OCH3 is 2. The molecule has 1 unspecified atom stereocenters. The van der Waals surface area contributed by atoms with E-state index >= 15 is 0 Å². The Bertz CT molecular complexity index is 662. The fraction of sp³-hybridized carbons (Fsp3) is 0.526. The van der Waals surface area contributed by atoms with Crippen molar-refractivity contribution in [2.75, 3.05) is 40.5 Å². The molecule has 29 heavy (non-hydrogen) atoms.